The lowest BCUT2D eigenvalue weighted by molar-refractivity contribution is -0.116. The first-order valence-corrected chi connectivity index (χ1v) is 9.63. The Labute approximate surface area is 165 Å². The SMILES string of the molecule is Cc1cccc(NC(=O)Cn2c(=O)nc(-c3ccccc3)c3nc(C)sc32)c1. The van der Waals surface area contributed by atoms with E-state index in [4.69, 9.17) is 0 Å². The Kier molecular flexibility index (Phi) is 4.75. The Morgan fingerprint density at radius 3 is 2.61 bits per heavy atom. The van der Waals surface area contributed by atoms with E-state index in [-0.39, 0.29) is 12.5 Å². The van der Waals surface area contributed by atoms with Gasteiger partial charge in [-0.3, -0.25) is 9.36 Å². The number of aryl methyl sites for hydroxylation is 2. The summed E-state index contributed by atoms with van der Waals surface area (Å²) in [6, 6.07) is 17.0. The number of thiazole rings is 1. The Balaban J connectivity index is 1.73. The lowest BCUT2D eigenvalue weighted by atomic mass is 10.1. The first-order valence-electron chi connectivity index (χ1n) is 8.81. The van der Waals surface area contributed by atoms with Crippen LogP contribution in [0.3, 0.4) is 0 Å². The molecule has 0 atom stereocenters. The number of rotatable bonds is 4. The lowest BCUT2D eigenvalue weighted by Gasteiger charge is -2.10. The molecule has 4 rings (SSSR count). The lowest BCUT2D eigenvalue weighted by Crippen LogP contribution is -2.29. The number of hydrogen-bond donors (Lipinski definition) is 1. The molecular formula is C21H18N4O2S. The molecule has 0 aliphatic carbocycles. The molecule has 1 N–H and O–H groups in total. The Bertz CT molecular complexity index is 1230. The zero-order chi connectivity index (χ0) is 19.7. The van der Waals surface area contributed by atoms with Gasteiger partial charge in [-0.25, -0.2) is 9.78 Å². The Hall–Kier alpha value is -3.32. The second-order valence-electron chi connectivity index (χ2n) is 6.50. The molecule has 2 aromatic carbocycles. The highest BCUT2D eigenvalue weighted by Gasteiger charge is 2.18. The first kappa shape index (κ1) is 18.1. The van der Waals surface area contributed by atoms with Gasteiger partial charge >= 0.3 is 5.69 Å². The first-order chi connectivity index (χ1) is 13.5. The second kappa shape index (κ2) is 7.36. The van der Waals surface area contributed by atoms with E-state index in [2.05, 4.69) is 15.3 Å². The summed E-state index contributed by atoms with van der Waals surface area (Å²) in [4.78, 5) is 34.7. The third-order valence-corrected chi connectivity index (χ3v) is 5.27. The van der Waals surface area contributed by atoms with Crippen LogP contribution in [0.1, 0.15) is 10.6 Å². The van der Waals surface area contributed by atoms with E-state index in [1.54, 1.807) is 0 Å². The monoisotopic (exact) mass is 390 g/mol. The molecule has 0 saturated carbocycles. The van der Waals surface area contributed by atoms with Crippen LogP contribution < -0.4 is 11.0 Å². The number of hydrogen-bond acceptors (Lipinski definition) is 5. The normalized spacial score (nSPS) is 10.9. The summed E-state index contributed by atoms with van der Waals surface area (Å²) in [5.74, 6) is -0.283. The van der Waals surface area contributed by atoms with Gasteiger partial charge in [-0.05, 0) is 31.5 Å². The van der Waals surface area contributed by atoms with Crippen molar-refractivity contribution < 1.29 is 4.79 Å². The molecule has 0 radical (unpaired) electrons. The average molecular weight is 390 g/mol. The fourth-order valence-corrected chi connectivity index (χ4v) is 3.96. The zero-order valence-corrected chi connectivity index (χ0v) is 16.3. The molecule has 4 aromatic rings. The number of carbonyl (C=O) groups excluding carboxylic acids is 1. The Morgan fingerprint density at radius 1 is 1.07 bits per heavy atom. The predicted octanol–water partition coefficient (Wildman–Crippen LogP) is 3.78. The number of amides is 1. The third kappa shape index (κ3) is 3.57. The summed E-state index contributed by atoms with van der Waals surface area (Å²) in [6.45, 7) is 3.71. The van der Waals surface area contributed by atoms with E-state index in [1.807, 2.05) is 68.4 Å². The van der Waals surface area contributed by atoms with Crippen LogP contribution in [0.4, 0.5) is 5.69 Å². The second-order valence-corrected chi connectivity index (χ2v) is 7.68. The van der Waals surface area contributed by atoms with E-state index >= 15 is 0 Å². The summed E-state index contributed by atoms with van der Waals surface area (Å²) < 4.78 is 1.39. The smallest absolute Gasteiger partial charge is 0.325 e. The van der Waals surface area contributed by atoms with Gasteiger partial charge in [0.15, 0.2) is 0 Å². The molecule has 6 nitrogen and oxygen atoms in total. The van der Waals surface area contributed by atoms with E-state index in [0.717, 1.165) is 16.1 Å². The minimum Gasteiger partial charge on any atom is -0.325 e. The number of carbonyl (C=O) groups is 1. The fraction of sp³-hybridized carbons (Fsp3) is 0.143. The van der Waals surface area contributed by atoms with Crippen LogP contribution in [0.25, 0.3) is 21.6 Å². The molecule has 7 heteroatoms. The number of nitrogens with one attached hydrogen (secondary N) is 1. The highest BCUT2D eigenvalue weighted by molar-refractivity contribution is 7.18. The molecule has 2 heterocycles. The van der Waals surface area contributed by atoms with Gasteiger partial charge in [0.25, 0.3) is 0 Å². The fourth-order valence-electron chi connectivity index (χ4n) is 3.05. The molecule has 28 heavy (non-hydrogen) atoms. The van der Waals surface area contributed by atoms with Crippen molar-refractivity contribution in [3.05, 3.63) is 75.7 Å². The summed E-state index contributed by atoms with van der Waals surface area (Å²) >= 11 is 1.38. The van der Waals surface area contributed by atoms with Crippen molar-refractivity contribution in [2.24, 2.45) is 0 Å². The van der Waals surface area contributed by atoms with Gasteiger partial charge in [0, 0.05) is 11.3 Å². The van der Waals surface area contributed by atoms with Crippen molar-refractivity contribution in [2.75, 3.05) is 5.32 Å². The zero-order valence-electron chi connectivity index (χ0n) is 15.5. The highest BCUT2D eigenvalue weighted by Crippen LogP contribution is 2.28. The third-order valence-electron chi connectivity index (χ3n) is 4.27. The number of anilines is 1. The minimum absolute atomic E-state index is 0.118. The Morgan fingerprint density at radius 2 is 1.86 bits per heavy atom. The summed E-state index contributed by atoms with van der Waals surface area (Å²) in [7, 11) is 0. The minimum atomic E-state index is -0.464. The number of benzene rings is 2. The molecule has 140 valence electrons. The quantitative estimate of drug-likeness (QED) is 0.575. The summed E-state index contributed by atoms with van der Waals surface area (Å²) in [5, 5.41) is 3.65. The highest BCUT2D eigenvalue weighted by atomic mass is 32.1. The average Bonchev–Trinajstić information content (AvgIpc) is 3.06. The van der Waals surface area contributed by atoms with Crippen molar-refractivity contribution >= 4 is 33.3 Å². The molecule has 0 fully saturated rings. The molecule has 0 aliphatic rings. The van der Waals surface area contributed by atoms with Gasteiger partial charge in [-0.1, -0.05) is 42.5 Å². The van der Waals surface area contributed by atoms with Gasteiger partial charge in [-0.2, -0.15) is 4.98 Å². The van der Waals surface area contributed by atoms with Crippen molar-refractivity contribution in [3.63, 3.8) is 0 Å². The predicted molar refractivity (Wildman–Crippen MR) is 112 cm³/mol. The number of aromatic nitrogens is 3. The molecule has 0 spiro atoms. The van der Waals surface area contributed by atoms with Crippen molar-refractivity contribution in [3.8, 4) is 11.3 Å². The van der Waals surface area contributed by atoms with E-state index in [1.165, 1.54) is 15.9 Å². The largest absolute Gasteiger partial charge is 0.349 e. The maximum atomic E-state index is 12.7. The van der Waals surface area contributed by atoms with Gasteiger partial charge in [0.1, 0.15) is 22.6 Å². The standard InChI is InChI=1S/C21H18N4O2S/c1-13-7-6-10-16(11-13)23-17(26)12-25-20-19(22-14(2)28-20)18(24-21(25)27)15-8-4-3-5-9-15/h3-11H,12H2,1-2H3,(H,23,26). The van der Waals surface area contributed by atoms with Crippen LogP contribution in [-0.4, -0.2) is 20.4 Å². The van der Waals surface area contributed by atoms with Crippen molar-refractivity contribution in [1.82, 2.24) is 14.5 Å². The number of fused-ring (bicyclic) bond motifs is 1. The number of nitrogens with zero attached hydrogens (tertiary/aromatic N) is 3. The van der Waals surface area contributed by atoms with Gasteiger partial charge in [-0.15, -0.1) is 11.3 Å². The van der Waals surface area contributed by atoms with Crippen LogP contribution in [-0.2, 0) is 11.3 Å². The molecule has 0 unspecified atom stereocenters. The van der Waals surface area contributed by atoms with Crippen LogP contribution in [0, 0.1) is 13.8 Å². The van der Waals surface area contributed by atoms with Crippen LogP contribution >= 0.6 is 11.3 Å². The maximum absolute atomic E-state index is 12.7. The van der Waals surface area contributed by atoms with Gasteiger partial charge in [0.05, 0.1) is 5.01 Å². The van der Waals surface area contributed by atoms with E-state index in [9.17, 15) is 9.59 Å². The molecule has 0 aliphatic heterocycles. The molecule has 0 bridgehead atoms. The van der Waals surface area contributed by atoms with Crippen LogP contribution in [0.15, 0.2) is 59.4 Å². The van der Waals surface area contributed by atoms with Crippen molar-refractivity contribution in [2.45, 2.75) is 20.4 Å². The molecular weight excluding hydrogens is 372 g/mol. The van der Waals surface area contributed by atoms with Crippen molar-refractivity contribution in [1.29, 1.82) is 0 Å². The van der Waals surface area contributed by atoms with Crippen LogP contribution in [0.2, 0.25) is 0 Å². The van der Waals surface area contributed by atoms with Gasteiger partial charge in [0.2, 0.25) is 5.91 Å². The molecule has 0 saturated heterocycles. The van der Waals surface area contributed by atoms with E-state index < -0.39 is 5.69 Å². The maximum Gasteiger partial charge on any atom is 0.349 e. The molecule has 1 amide bonds. The molecule has 2 aromatic heterocycles. The van der Waals surface area contributed by atoms with Gasteiger partial charge < -0.3 is 5.32 Å². The van der Waals surface area contributed by atoms with E-state index in [0.29, 0.717) is 21.7 Å². The van der Waals surface area contributed by atoms with Crippen LogP contribution in [0.5, 0.6) is 0 Å². The summed E-state index contributed by atoms with van der Waals surface area (Å²) in [5.41, 5.74) is 3.28. The topological polar surface area (TPSA) is 76.9 Å². The summed E-state index contributed by atoms with van der Waals surface area (Å²) in [6.07, 6.45) is 0.